The Bertz CT molecular complexity index is 790. The summed E-state index contributed by atoms with van der Waals surface area (Å²) < 4.78 is 2.36. The van der Waals surface area contributed by atoms with E-state index in [1.54, 1.807) is 0 Å². The van der Waals surface area contributed by atoms with Gasteiger partial charge in [0.05, 0.1) is 0 Å². The molecule has 106 valence electrons. The third kappa shape index (κ3) is 2.27. The van der Waals surface area contributed by atoms with E-state index in [1.807, 2.05) is 11.8 Å². The van der Waals surface area contributed by atoms with Crippen LogP contribution >= 0.6 is 11.8 Å². The van der Waals surface area contributed by atoms with E-state index in [0.717, 1.165) is 19.5 Å². The van der Waals surface area contributed by atoms with Crippen LogP contribution in [0.3, 0.4) is 0 Å². The van der Waals surface area contributed by atoms with Crippen molar-refractivity contribution >= 4 is 22.7 Å². The average Bonchev–Trinajstić information content (AvgIpc) is 2.82. The van der Waals surface area contributed by atoms with Gasteiger partial charge in [-0.3, -0.25) is 0 Å². The lowest BCUT2D eigenvalue weighted by Gasteiger charge is -2.14. The summed E-state index contributed by atoms with van der Waals surface area (Å²) in [4.78, 5) is 2.60. The van der Waals surface area contributed by atoms with E-state index in [0.29, 0.717) is 0 Å². The van der Waals surface area contributed by atoms with Crippen LogP contribution in [0.2, 0.25) is 0 Å². The van der Waals surface area contributed by atoms with Gasteiger partial charge in [0, 0.05) is 52.9 Å². The summed E-state index contributed by atoms with van der Waals surface area (Å²) in [6.45, 7) is 2.08. The van der Waals surface area contributed by atoms with E-state index in [9.17, 15) is 0 Å². The molecule has 4 rings (SSSR count). The van der Waals surface area contributed by atoms with Gasteiger partial charge in [0.25, 0.3) is 0 Å². The minimum Gasteiger partial charge on any atom is -0.347 e. The first-order valence-corrected chi connectivity index (χ1v) is 8.18. The minimum absolute atomic E-state index is 0.992. The van der Waals surface area contributed by atoms with Crippen LogP contribution in [0, 0.1) is 0 Å². The first kappa shape index (κ1) is 13.0. The molecule has 0 spiro atoms. The molecule has 3 aromatic rings. The monoisotopic (exact) mass is 294 g/mol. The van der Waals surface area contributed by atoms with Gasteiger partial charge in [-0.25, -0.2) is 0 Å². The van der Waals surface area contributed by atoms with Gasteiger partial charge in [-0.2, -0.15) is 0 Å². The Labute approximate surface area is 129 Å². The molecule has 2 aromatic carbocycles. The Hall–Kier alpha value is -1.71. The lowest BCUT2D eigenvalue weighted by molar-refractivity contribution is 0.622. The molecule has 0 bridgehead atoms. The Morgan fingerprint density at radius 3 is 2.76 bits per heavy atom. The first-order valence-electron chi connectivity index (χ1n) is 7.37. The second kappa shape index (κ2) is 5.24. The summed E-state index contributed by atoms with van der Waals surface area (Å²) >= 11 is 1.83. The zero-order valence-corrected chi connectivity index (χ0v) is 12.9. The highest BCUT2D eigenvalue weighted by Gasteiger charge is 2.18. The number of hydrogen-bond acceptors (Lipinski definition) is 2. The van der Waals surface area contributed by atoms with Gasteiger partial charge < -0.3 is 9.88 Å². The zero-order chi connectivity index (χ0) is 14.2. The Balaban J connectivity index is 1.79. The molecule has 2 nitrogen and oxygen atoms in total. The lowest BCUT2D eigenvalue weighted by atomic mass is 10.1. The summed E-state index contributed by atoms with van der Waals surface area (Å²) in [7, 11) is 2.19. The molecule has 0 amide bonds. The average molecular weight is 294 g/mol. The summed E-state index contributed by atoms with van der Waals surface area (Å²) in [6, 6.07) is 17.4. The third-order valence-electron chi connectivity index (χ3n) is 4.23. The van der Waals surface area contributed by atoms with E-state index in [-0.39, 0.29) is 0 Å². The summed E-state index contributed by atoms with van der Waals surface area (Å²) in [5.74, 6) is 0. The molecule has 0 aliphatic carbocycles. The van der Waals surface area contributed by atoms with Crippen molar-refractivity contribution in [1.82, 2.24) is 9.88 Å². The van der Waals surface area contributed by atoms with Gasteiger partial charge in [-0.05, 0) is 35.9 Å². The summed E-state index contributed by atoms with van der Waals surface area (Å²) in [5.41, 5.74) is 4.32. The molecule has 0 unspecified atom stereocenters. The lowest BCUT2D eigenvalue weighted by Crippen LogP contribution is -2.24. The SMILES string of the molecule is Cn1c2c(c3cc(Sc4ccccc4)ccc31)CNCC2. The number of rotatable bonds is 2. The molecule has 1 aliphatic rings. The third-order valence-corrected chi connectivity index (χ3v) is 5.22. The molecule has 0 saturated carbocycles. The van der Waals surface area contributed by atoms with Gasteiger partial charge in [-0.15, -0.1) is 0 Å². The maximum Gasteiger partial charge on any atom is 0.0484 e. The van der Waals surface area contributed by atoms with E-state index in [1.165, 1.54) is 32.0 Å². The normalized spacial score (nSPS) is 14.3. The van der Waals surface area contributed by atoms with Gasteiger partial charge in [0.2, 0.25) is 0 Å². The largest absolute Gasteiger partial charge is 0.347 e. The molecule has 21 heavy (non-hydrogen) atoms. The van der Waals surface area contributed by atoms with Gasteiger partial charge in [0.1, 0.15) is 0 Å². The topological polar surface area (TPSA) is 17.0 Å². The molecule has 0 saturated heterocycles. The number of aromatic nitrogens is 1. The van der Waals surface area contributed by atoms with E-state index in [2.05, 4.69) is 65.5 Å². The molecule has 1 N–H and O–H groups in total. The standard InChI is InChI=1S/C18H18N2S/c1-20-17-8-7-14(21-13-5-3-2-4-6-13)11-15(17)16-12-19-10-9-18(16)20/h2-8,11,19H,9-10,12H2,1H3. The molecule has 0 atom stereocenters. The molecular weight excluding hydrogens is 276 g/mol. The minimum atomic E-state index is 0.992. The predicted molar refractivity (Wildman–Crippen MR) is 88.9 cm³/mol. The Morgan fingerprint density at radius 1 is 1.05 bits per heavy atom. The second-order valence-corrected chi connectivity index (χ2v) is 6.65. The zero-order valence-electron chi connectivity index (χ0n) is 12.1. The highest BCUT2D eigenvalue weighted by Crippen LogP contribution is 2.34. The van der Waals surface area contributed by atoms with Crippen molar-refractivity contribution in [2.75, 3.05) is 6.54 Å². The Morgan fingerprint density at radius 2 is 1.90 bits per heavy atom. The first-order chi connectivity index (χ1) is 10.3. The molecule has 0 fully saturated rings. The Kier molecular flexibility index (Phi) is 3.24. The van der Waals surface area contributed by atoms with Gasteiger partial charge in [0.15, 0.2) is 0 Å². The van der Waals surface area contributed by atoms with Crippen LogP contribution in [0.15, 0.2) is 58.3 Å². The van der Waals surface area contributed by atoms with Crippen molar-refractivity contribution in [3.8, 4) is 0 Å². The van der Waals surface area contributed by atoms with E-state index in [4.69, 9.17) is 0 Å². The van der Waals surface area contributed by atoms with E-state index < -0.39 is 0 Å². The van der Waals surface area contributed by atoms with Gasteiger partial charge in [-0.1, -0.05) is 30.0 Å². The molecule has 0 radical (unpaired) electrons. The highest BCUT2D eigenvalue weighted by molar-refractivity contribution is 7.99. The summed E-state index contributed by atoms with van der Waals surface area (Å²) in [6.07, 6.45) is 1.13. The van der Waals surface area contributed by atoms with Crippen molar-refractivity contribution in [3.63, 3.8) is 0 Å². The van der Waals surface area contributed by atoms with Crippen LogP contribution in [0.5, 0.6) is 0 Å². The molecule has 2 heterocycles. The quantitative estimate of drug-likeness (QED) is 0.770. The van der Waals surface area contributed by atoms with Crippen molar-refractivity contribution in [1.29, 1.82) is 0 Å². The summed E-state index contributed by atoms with van der Waals surface area (Å²) in [5, 5.41) is 4.90. The number of nitrogens with zero attached hydrogens (tertiary/aromatic N) is 1. The maximum atomic E-state index is 3.50. The van der Waals surface area contributed by atoms with Crippen molar-refractivity contribution in [2.24, 2.45) is 7.05 Å². The fourth-order valence-corrected chi connectivity index (χ4v) is 4.06. The van der Waals surface area contributed by atoms with Crippen LogP contribution in [-0.2, 0) is 20.0 Å². The van der Waals surface area contributed by atoms with Crippen molar-refractivity contribution in [3.05, 3.63) is 59.8 Å². The number of nitrogens with one attached hydrogen (secondary N) is 1. The fourth-order valence-electron chi connectivity index (χ4n) is 3.18. The van der Waals surface area contributed by atoms with Crippen molar-refractivity contribution < 1.29 is 0 Å². The van der Waals surface area contributed by atoms with Crippen LogP contribution in [0.4, 0.5) is 0 Å². The highest BCUT2D eigenvalue weighted by atomic mass is 32.2. The van der Waals surface area contributed by atoms with Crippen LogP contribution in [0.25, 0.3) is 10.9 Å². The molecule has 1 aliphatic heterocycles. The van der Waals surface area contributed by atoms with Gasteiger partial charge >= 0.3 is 0 Å². The molecular formula is C18H18N2S. The van der Waals surface area contributed by atoms with Crippen LogP contribution in [-0.4, -0.2) is 11.1 Å². The maximum absolute atomic E-state index is 3.50. The van der Waals surface area contributed by atoms with E-state index >= 15 is 0 Å². The second-order valence-electron chi connectivity index (χ2n) is 5.51. The molecule has 3 heteroatoms. The number of benzene rings is 2. The van der Waals surface area contributed by atoms with Crippen LogP contribution < -0.4 is 5.32 Å². The smallest absolute Gasteiger partial charge is 0.0484 e. The molecule has 1 aromatic heterocycles. The van der Waals surface area contributed by atoms with Crippen LogP contribution in [0.1, 0.15) is 11.3 Å². The number of fused-ring (bicyclic) bond motifs is 3. The number of hydrogen-bond donors (Lipinski definition) is 1. The fraction of sp³-hybridized carbons (Fsp3) is 0.222. The number of aryl methyl sites for hydroxylation is 1. The predicted octanol–water partition coefficient (Wildman–Crippen LogP) is 3.98. The van der Waals surface area contributed by atoms with Crippen molar-refractivity contribution in [2.45, 2.75) is 22.8 Å².